The molecule has 0 heterocycles. The van der Waals surface area contributed by atoms with E-state index in [1.165, 1.54) is 0 Å². The second-order valence-corrected chi connectivity index (χ2v) is 5.35. The molecule has 1 aromatic rings. The molecule has 0 bridgehead atoms. The quantitative estimate of drug-likeness (QED) is 0.610. The van der Waals surface area contributed by atoms with Gasteiger partial charge in [0.05, 0.1) is 6.42 Å². The minimum Gasteiger partial charge on any atom is -0.481 e. The first-order valence-corrected chi connectivity index (χ1v) is 7.60. The van der Waals surface area contributed by atoms with Crippen LogP contribution in [0.4, 0.5) is 0 Å². The number of carboxylic acids is 2. The van der Waals surface area contributed by atoms with Gasteiger partial charge in [0, 0.05) is 6.42 Å². The number of carbonyl (C=O) groups is 2. The molecule has 0 spiro atoms. The number of aliphatic carboxylic acids is 2. The Hall–Kier alpha value is -1.84. The molecule has 1 rings (SSSR count). The zero-order valence-electron chi connectivity index (χ0n) is 12.4. The molecule has 0 radical (unpaired) electrons. The molecule has 1 aromatic carbocycles. The number of benzene rings is 1. The largest absolute Gasteiger partial charge is 0.481 e. The third-order valence-corrected chi connectivity index (χ3v) is 3.55. The first kappa shape index (κ1) is 17.2. The zero-order chi connectivity index (χ0) is 15.5. The number of rotatable bonds is 11. The predicted octanol–water partition coefficient (Wildman–Crippen LogP) is 3.67. The molecule has 0 atom stereocenters. The summed E-state index contributed by atoms with van der Waals surface area (Å²) in [4.78, 5) is 21.2. The van der Waals surface area contributed by atoms with Crippen molar-refractivity contribution in [2.24, 2.45) is 0 Å². The van der Waals surface area contributed by atoms with Gasteiger partial charge in [0.2, 0.25) is 0 Å². The van der Waals surface area contributed by atoms with Crippen molar-refractivity contribution in [2.45, 2.75) is 57.8 Å². The highest BCUT2D eigenvalue weighted by Gasteiger charge is 2.05. The lowest BCUT2D eigenvalue weighted by Gasteiger charge is -2.07. The molecule has 0 saturated heterocycles. The van der Waals surface area contributed by atoms with Crippen LogP contribution in [0.5, 0.6) is 0 Å². The van der Waals surface area contributed by atoms with Crippen molar-refractivity contribution in [1.29, 1.82) is 0 Å². The molecule has 0 aliphatic carbocycles. The standard InChI is InChI=1S/C17H24O4/c18-16(19)12-6-4-2-1-3-5-9-14-10-7-8-11-15(14)13-17(20)21/h7-8,10-11H,1-6,9,12-13H2,(H,18,19)(H,20,21). The van der Waals surface area contributed by atoms with Gasteiger partial charge in [-0.05, 0) is 30.4 Å². The maximum Gasteiger partial charge on any atom is 0.307 e. The summed E-state index contributed by atoms with van der Waals surface area (Å²) in [5.74, 6) is -1.51. The lowest BCUT2D eigenvalue weighted by molar-refractivity contribution is -0.137. The van der Waals surface area contributed by atoms with E-state index in [4.69, 9.17) is 10.2 Å². The molecular formula is C17H24O4. The number of carboxylic acid groups (broad SMARTS) is 2. The van der Waals surface area contributed by atoms with E-state index >= 15 is 0 Å². The highest BCUT2D eigenvalue weighted by Crippen LogP contribution is 2.15. The van der Waals surface area contributed by atoms with E-state index in [1.807, 2.05) is 24.3 Å². The van der Waals surface area contributed by atoms with Crippen molar-refractivity contribution in [3.05, 3.63) is 35.4 Å². The number of hydrogen-bond donors (Lipinski definition) is 2. The van der Waals surface area contributed by atoms with Gasteiger partial charge >= 0.3 is 11.9 Å². The highest BCUT2D eigenvalue weighted by atomic mass is 16.4. The highest BCUT2D eigenvalue weighted by molar-refractivity contribution is 5.70. The Kier molecular flexibility index (Phi) is 8.17. The van der Waals surface area contributed by atoms with E-state index in [0.29, 0.717) is 0 Å². The summed E-state index contributed by atoms with van der Waals surface area (Å²) in [5, 5.41) is 17.4. The van der Waals surface area contributed by atoms with E-state index in [0.717, 1.165) is 56.1 Å². The molecule has 116 valence electrons. The Morgan fingerprint density at radius 1 is 0.762 bits per heavy atom. The number of hydrogen-bond acceptors (Lipinski definition) is 2. The summed E-state index contributed by atoms with van der Waals surface area (Å²) < 4.78 is 0. The maximum absolute atomic E-state index is 10.8. The topological polar surface area (TPSA) is 74.6 Å². The van der Waals surface area contributed by atoms with E-state index in [-0.39, 0.29) is 12.8 Å². The predicted molar refractivity (Wildman–Crippen MR) is 81.4 cm³/mol. The van der Waals surface area contributed by atoms with Crippen molar-refractivity contribution in [1.82, 2.24) is 0 Å². The van der Waals surface area contributed by atoms with Crippen LogP contribution >= 0.6 is 0 Å². The molecule has 4 nitrogen and oxygen atoms in total. The Morgan fingerprint density at radius 3 is 1.95 bits per heavy atom. The fraction of sp³-hybridized carbons (Fsp3) is 0.529. The minimum absolute atomic E-state index is 0.0887. The van der Waals surface area contributed by atoms with E-state index in [2.05, 4.69) is 0 Å². The average Bonchev–Trinajstić information content (AvgIpc) is 2.42. The fourth-order valence-corrected chi connectivity index (χ4v) is 2.44. The van der Waals surface area contributed by atoms with Gasteiger partial charge in [0.15, 0.2) is 0 Å². The number of aryl methyl sites for hydroxylation is 1. The fourth-order valence-electron chi connectivity index (χ4n) is 2.44. The van der Waals surface area contributed by atoms with Crippen LogP contribution < -0.4 is 0 Å². The van der Waals surface area contributed by atoms with Gasteiger partial charge in [-0.15, -0.1) is 0 Å². The summed E-state index contributed by atoms with van der Waals surface area (Å²) in [5.41, 5.74) is 2.04. The van der Waals surface area contributed by atoms with Gasteiger partial charge < -0.3 is 10.2 Å². The monoisotopic (exact) mass is 292 g/mol. The third kappa shape index (κ3) is 8.12. The Labute approximate surface area is 125 Å². The number of unbranched alkanes of at least 4 members (excludes halogenated alkanes) is 5. The SMILES string of the molecule is O=C(O)CCCCCCCCc1ccccc1CC(=O)O. The lowest BCUT2D eigenvalue weighted by Crippen LogP contribution is -2.03. The minimum atomic E-state index is -0.791. The van der Waals surface area contributed by atoms with E-state index in [1.54, 1.807) is 0 Å². The van der Waals surface area contributed by atoms with E-state index in [9.17, 15) is 9.59 Å². The van der Waals surface area contributed by atoms with Crippen LogP contribution in [-0.2, 0) is 22.4 Å². The molecule has 2 N–H and O–H groups in total. The van der Waals surface area contributed by atoms with Gasteiger partial charge in [-0.25, -0.2) is 0 Å². The van der Waals surface area contributed by atoms with Crippen molar-refractivity contribution in [2.75, 3.05) is 0 Å². The van der Waals surface area contributed by atoms with Crippen LogP contribution in [0.3, 0.4) is 0 Å². The molecule has 21 heavy (non-hydrogen) atoms. The zero-order valence-corrected chi connectivity index (χ0v) is 12.4. The molecule has 0 unspecified atom stereocenters. The van der Waals surface area contributed by atoms with Crippen LogP contribution in [0.2, 0.25) is 0 Å². The summed E-state index contributed by atoms with van der Waals surface area (Å²) in [7, 11) is 0. The third-order valence-electron chi connectivity index (χ3n) is 3.55. The molecule has 4 heteroatoms. The Bertz CT molecular complexity index is 454. The second kappa shape index (κ2) is 9.97. The van der Waals surface area contributed by atoms with Gasteiger partial charge in [-0.3, -0.25) is 9.59 Å². The van der Waals surface area contributed by atoms with Gasteiger partial charge in [-0.1, -0.05) is 49.9 Å². The molecule has 0 aliphatic heterocycles. The molecular weight excluding hydrogens is 268 g/mol. The summed E-state index contributed by atoms with van der Waals surface area (Å²) in [6.45, 7) is 0. The van der Waals surface area contributed by atoms with Crippen LogP contribution in [0.25, 0.3) is 0 Å². The molecule has 0 amide bonds. The van der Waals surface area contributed by atoms with Gasteiger partial charge in [0.1, 0.15) is 0 Å². The van der Waals surface area contributed by atoms with Crippen LogP contribution in [0.1, 0.15) is 56.1 Å². The van der Waals surface area contributed by atoms with Crippen molar-refractivity contribution < 1.29 is 19.8 Å². The van der Waals surface area contributed by atoms with Gasteiger partial charge in [-0.2, -0.15) is 0 Å². The van der Waals surface area contributed by atoms with Crippen molar-refractivity contribution in [3.63, 3.8) is 0 Å². The summed E-state index contributed by atoms with van der Waals surface area (Å²) in [6, 6.07) is 7.72. The Balaban J connectivity index is 2.18. The van der Waals surface area contributed by atoms with Crippen LogP contribution in [-0.4, -0.2) is 22.2 Å². The first-order valence-electron chi connectivity index (χ1n) is 7.60. The van der Waals surface area contributed by atoms with Crippen molar-refractivity contribution >= 4 is 11.9 Å². The molecule has 0 aromatic heterocycles. The maximum atomic E-state index is 10.8. The second-order valence-electron chi connectivity index (χ2n) is 5.35. The smallest absolute Gasteiger partial charge is 0.307 e. The Morgan fingerprint density at radius 2 is 1.33 bits per heavy atom. The van der Waals surface area contributed by atoms with Crippen LogP contribution in [0.15, 0.2) is 24.3 Å². The molecule has 0 aliphatic rings. The molecule has 0 saturated carbocycles. The first-order chi connectivity index (χ1) is 10.1. The summed E-state index contributed by atoms with van der Waals surface area (Å²) in [6.07, 6.45) is 7.35. The molecule has 0 fully saturated rings. The normalized spacial score (nSPS) is 10.5. The lowest BCUT2D eigenvalue weighted by atomic mass is 9.98. The van der Waals surface area contributed by atoms with Gasteiger partial charge in [0.25, 0.3) is 0 Å². The van der Waals surface area contributed by atoms with Crippen LogP contribution in [0, 0.1) is 0 Å². The van der Waals surface area contributed by atoms with E-state index < -0.39 is 11.9 Å². The summed E-state index contributed by atoms with van der Waals surface area (Å²) >= 11 is 0. The van der Waals surface area contributed by atoms with Crippen molar-refractivity contribution in [3.8, 4) is 0 Å². The average molecular weight is 292 g/mol.